The maximum Gasteiger partial charge on any atom is 0.225 e. The zero-order valence-electron chi connectivity index (χ0n) is 10.8. The number of amides is 1. The summed E-state index contributed by atoms with van der Waals surface area (Å²) < 4.78 is 23.0. The second-order valence-corrected chi connectivity index (χ2v) is 8.52. The fraction of sp³-hybridized carbons (Fsp3) is 0.923. The number of rotatable bonds is 2. The van der Waals surface area contributed by atoms with Gasteiger partial charge in [0.2, 0.25) is 5.91 Å². The number of carbonyl (C=O) groups is 1. The van der Waals surface area contributed by atoms with Crippen LogP contribution in [0.2, 0.25) is 0 Å². The Bertz CT molecular complexity index is 459. The van der Waals surface area contributed by atoms with Crippen LogP contribution in [-0.4, -0.2) is 43.8 Å². The van der Waals surface area contributed by atoms with Crippen molar-refractivity contribution < 1.29 is 13.2 Å². The maximum absolute atomic E-state index is 12.5. The fourth-order valence-electron chi connectivity index (χ4n) is 4.07. The molecule has 3 rings (SSSR count). The zero-order chi connectivity index (χ0) is 12.9. The van der Waals surface area contributed by atoms with Crippen LogP contribution in [0.1, 0.15) is 32.1 Å². The average molecular weight is 271 g/mol. The Kier molecular flexibility index (Phi) is 2.92. The number of nitrogens with zero attached hydrogens (tertiary/aromatic N) is 1. The highest BCUT2D eigenvalue weighted by Crippen LogP contribution is 2.49. The minimum Gasteiger partial charge on any atom is -0.341 e. The first-order valence-corrected chi connectivity index (χ1v) is 8.75. The maximum atomic E-state index is 12.5. The molecule has 102 valence electrons. The number of fused-ring (bicyclic) bond motifs is 2. The lowest BCUT2D eigenvalue weighted by atomic mass is 9.87. The Morgan fingerprint density at radius 3 is 2.44 bits per heavy atom. The third-order valence-corrected chi connectivity index (χ3v) is 6.91. The van der Waals surface area contributed by atoms with Crippen molar-refractivity contribution in [2.75, 3.05) is 18.6 Å². The van der Waals surface area contributed by atoms with E-state index in [1.165, 1.54) is 19.3 Å². The van der Waals surface area contributed by atoms with Crippen LogP contribution in [0.15, 0.2) is 0 Å². The van der Waals surface area contributed by atoms with Crippen molar-refractivity contribution in [3.8, 4) is 0 Å². The number of hydrogen-bond donors (Lipinski definition) is 0. The lowest BCUT2D eigenvalue weighted by Gasteiger charge is -2.30. The molecular formula is C13H21NO3S. The Morgan fingerprint density at radius 1 is 1.17 bits per heavy atom. The van der Waals surface area contributed by atoms with E-state index < -0.39 is 9.84 Å². The van der Waals surface area contributed by atoms with E-state index in [4.69, 9.17) is 0 Å². The largest absolute Gasteiger partial charge is 0.341 e. The molecule has 2 aliphatic carbocycles. The van der Waals surface area contributed by atoms with E-state index >= 15 is 0 Å². The molecule has 2 bridgehead atoms. The third-order valence-electron chi connectivity index (χ3n) is 5.16. The van der Waals surface area contributed by atoms with Gasteiger partial charge in [-0.15, -0.1) is 0 Å². The second-order valence-electron chi connectivity index (χ2n) is 6.29. The predicted molar refractivity (Wildman–Crippen MR) is 68.8 cm³/mol. The number of sulfone groups is 1. The van der Waals surface area contributed by atoms with Gasteiger partial charge in [0.05, 0.1) is 11.5 Å². The van der Waals surface area contributed by atoms with E-state index in [0.29, 0.717) is 12.3 Å². The normalized spacial score (nSPS) is 41.2. The highest BCUT2D eigenvalue weighted by molar-refractivity contribution is 7.91. The molecule has 0 aromatic rings. The van der Waals surface area contributed by atoms with Gasteiger partial charge >= 0.3 is 0 Å². The molecule has 3 aliphatic rings. The molecule has 1 aliphatic heterocycles. The summed E-state index contributed by atoms with van der Waals surface area (Å²) in [5, 5.41) is 0. The molecule has 4 unspecified atom stereocenters. The fourth-order valence-corrected chi connectivity index (χ4v) is 5.84. The van der Waals surface area contributed by atoms with Crippen molar-refractivity contribution in [2.45, 2.75) is 38.1 Å². The molecule has 1 saturated heterocycles. The van der Waals surface area contributed by atoms with Gasteiger partial charge in [0.25, 0.3) is 0 Å². The van der Waals surface area contributed by atoms with Crippen LogP contribution in [0.5, 0.6) is 0 Å². The molecule has 1 heterocycles. The molecule has 0 aromatic heterocycles. The third kappa shape index (κ3) is 2.06. The molecule has 0 spiro atoms. The highest BCUT2D eigenvalue weighted by Gasteiger charge is 2.45. The van der Waals surface area contributed by atoms with Gasteiger partial charge < -0.3 is 4.90 Å². The summed E-state index contributed by atoms with van der Waals surface area (Å²) in [6.07, 6.45) is 5.35. The topological polar surface area (TPSA) is 54.5 Å². The zero-order valence-corrected chi connectivity index (χ0v) is 11.7. The van der Waals surface area contributed by atoms with Crippen molar-refractivity contribution in [2.24, 2.45) is 17.8 Å². The van der Waals surface area contributed by atoms with Crippen LogP contribution in [-0.2, 0) is 14.6 Å². The predicted octanol–water partition coefficient (Wildman–Crippen LogP) is 1.07. The van der Waals surface area contributed by atoms with Gasteiger partial charge in [0, 0.05) is 19.0 Å². The van der Waals surface area contributed by atoms with Crippen LogP contribution in [0.3, 0.4) is 0 Å². The Labute approximate surface area is 109 Å². The van der Waals surface area contributed by atoms with Crippen molar-refractivity contribution in [3.63, 3.8) is 0 Å². The summed E-state index contributed by atoms with van der Waals surface area (Å²) >= 11 is 0. The van der Waals surface area contributed by atoms with E-state index in [-0.39, 0.29) is 29.4 Å². The van der Waals surface area contributed by atoms with Crippen molar-refractivity contribution in [3.05, 3.63) is 0 Å². The minimum atomic E-state index is -2.90. The SMILES string of the molecule is CN(C(=O)C1CC2CCC1C2)C1CCS(=O)(=O)C1. The standard InChI is InChI=1S/C13H21NO3S/c1-14(11-4-5-18(16,17)8-11)13(15)12-7-9-2-3-10(12)6-9/h9-12H,2-8H2,1H3. The molecular weight excluding hydrogens is 250 g/mol. The van der Waals surface area contributed by atoms with Gasteiger partial charge in [0.15, 0.2) is 9.84 Å². The van der Waals surface area contributed by atoms with Crippen LogP contribution in [0.4, 0.5) is 0 Å². The van der Waals surface area contributed by atoms with Crippen molar-refractivity contribution in [1.82, 2.24) is 4.90 Å². The minimum absolute atomic E-state index is 0.0818. The summed E-state index contributed by atoms with van der Waals surface area (Å²) in [6.45, 7) is 0. The molecule has 3 fully saturated rings. The molecule has 0 N–H and O–H groups in total. The number of hydrogen-bond acceptors (Lipinski definition) is 3. The van der Waals surface area contributed by atoms with Gasteiger partial charge in [-0.1, -0.05) is 6.42 Å². The summed E-state index contributed by atoms with van der Waals surface area (Å²) in [5.41, 5.74) is 0. The monoisotopic (exact) mass is 271 g/mol. The Balaban J connectivity index is 1.66. The average Bonchev–Trinajstić information content (AvgIpc) is 3.01. The first-order valence-electron chi connectivity index (χ1n) is 6.93. The second kappa shape index (κ2) is 4.22. The van der Waals surface area contributed by atoms with Gasteiger partial charge in [0.1, 0.15) is 0 Å². The molecule has 1 amide bonds. The van der Waals surface area contributed by atoms with Crippen LogP contribution in [0, 0.1) is 17.8 Å². The highest BCUT2D eigenvalue weighted by atomic mass is 32.2. The van der Waals surface area contributed by atoms with Gasteiger partial charge in [-0.2, -0.15) is 0 Å². The van der Waals surface area contributed by atoms with Crippen LogP contribution < -0.4 is 0 Å². The quantitative estimate of drug-likeness (QED) is 0.755. The molecule has 4 atom stereocenters. The van der Waals surface area contributed by atoms with Gasteiger partial charge in [-0.05, 0) is 37.5 Å². The Morgan fingerprint density at radius 2 is 1.94 bits per heavy atom. The lowest BCUT2D eigenvalue weighted by Crippen LogP contribution is -2.42. The lowest BCUT2D eigenvalue weighted by molar-refractivity contribution is -0.137. The van der Waals surface area contributed by atoms with E-state index in [1.807, 2.05) is 0 Å². The molecule has 18 heavy (non-hydrogen) atoms. The molecule has 2 saturated carbocycles. The summed E-state index contributed by atoms with van der Waals surface area (Å²) in [7, 11) is -1.11. The van der Waals surface area contributed by atoms with Crippen molar-refractivity contribution >= 4 is 15.7 Å². The summed E-state index contributed by atoms with van der Waals surface area (Å²) in [6, 6.07) is -0.0818. The smallest absolute Gasteiger partial charge is 0.225 e. The summed E-state index contributed by atoms with van der Waals surface area (Å²) in [5.74, 6) is 2.11. The van der Waals surface area contributed by atoms with E-state index in [9.17, 15) is 13.2 Å². The Hall–Kier alpha value is -0.580. The first-order chi connectivity index (χ1) is 8.46. The molecule has 0 radical (unpaired) electrons. The first kappa shape index (κ1) is 12.5. The molecule has 4 nitrogen and oxygen atoms in total. The van der Waals surface area contributed by atoms with E-state index in [1.54, 1.807) is 11.9 Å². The van der Waals surface area contributed by atoms with E-state index in [0.717, 1.165) is 12.3 Å². The van der Waals surface area contributed by atoms with Crippen LogP contribution >= 0.6 is 0 Å². The van der Waals surface area contributed by atoms with Gasteiger partial charge in [-0.25, -0.2) is 8.42 Å². The molecule has 5 heteroatoms. The number of carbonyl (C=O) groups excluding carboxylic acids is 1. The van der Waals surface area contributed by atoms with E-state index in [2.05, 4.69) is 0 Å². The van der Waals surface area contributed by atoms with Crippen LogP contribution in [0.25, 0.3) is 0 Å². The van der Waals surface area contributed by atoms with Gasteiger partial charge in [-0.3, -0.25) is 4.79 Å². The summed E-state index contributed by atoms with van der Waals surface area (Å²) in [4.78, 5) is 14.2. The van der Waals surface area contributed by atoms with Crippen molar-refractivity contribution in [1.29, 1.82) is 0 Å². The molecule has 0 aromatic carbocycles.